The second kappa shape index (κ2) is 5.96. The molecule has 0 spiro atoms. The van der Waals surface area contributed by atoms with E-state index in [0.29, 0.717) is 11.7 Å². The molecule has 1 fully saturated rings. The number of pyridine rings is 1. The van der Waals surface area contributed by atoms with Crippen molar-refractivity contribution in [3.05, 3.63) is 23.9 Å². The van der Waals surface area contributed by atoms with Crippen molar-refractivity contribution in [1.29, 1.82) is 0 Å². The van der Waals surface area contributed by atoms with Crippen molar-refractivity contribution in [1.82, 2.24) is 4.98 Å². The van der Waals surface area contributed by atoms with E-state index in [2.05, 4.69) is 9.88 Å². The van der Waals surface area contributed by atoms with Crippen molar-refractivity contribution in [3.8, 4) is 0 Å². The molecular formula is C14H20N2O2. The lowest BCUT2D eigenvalue weighted by Crippen LogP contribution is -2.33. The number of anilines is 1. The summed E-state index contributed by atoms with van der Waals surface area (Å²) < 4.78 is 5.71. The van der Waals surface area contributed by atoms with Gasteiger partial charge in [-0.1, -0.05) is 0 Å². The first-order valence-electron chi connectivity index (χ1n) is 6.46. The second-order valence-electron chi connectivity index (χ2n) is 4.83. The molecule has 1 aliphatic rings. The molecule has 1 aromatic rings. The predicted octanol–water partition coefficient (Wildman–Crippen LogP) is 2.29. The molecule has 1 aliphatic heterocycles. The molecule has 1 unspecified atom stereocenters. The highest BCUT2D eigenvalue weighted by Crippen LogP contribution is 2.16. The molecule has 1 atom stereocenters. The molecule has 0 saturated carbocycles. The number of nitrogens with zero attached hydrogens (tertiary/aromatic N) is 2. The third kappa shape index (κ3) is 3.29. The van der Waals surface area contributed by atoms with Gasteiger partial charge >= 0.3 is 0 Å². The van der Waals surface area contributed by atoms with Crippen molar-refractivity contribution in [2.24, 2.45) is 0 Å². The van der Waals surface area contributed by atoms with Crippen LogP contribution < -0.4 is 4.90 Å². The van der Waals surface area contributed by atoms with Crippen LogP contribution in [0, 0.1) is 0 Å². The zero-order valence-corrected chi connectivity index (χ0v) is 11.1. The largest absolute Gasteiger partial charge is 0.376 e. The minimum Gasteiger partial charge on any atom is -0.376 e. The average Bonchev–Trinajstić information content (AvgIpc) is 2.40. The summed E-state index contributed by atoms with van der Waals surface area (Å²) in [5, 5.41) is 0. The van der Waals surface area contributed by atoms with Crippen LogP contribution >= 0.6 is 0 Å². The molecule has 0 amide bonds. The summed E-state index contributed by atoms with van der Waals surface area (Å²) in [6.07, 6.45) is 5.48. The summed E-state index contributed by atoms with van der Waals surface area (Å²) >= 11 is 0. The van der Waals surface area contributed by atoms with E-state index in [1.807, 2.05) is 19.2 Å². The van der Waals surface area contributed by atoms with E-state index in [0.717, 1.165) is 25.4 Å². The van der Waals surface area contributed by atoms with Crippen LogP contribution in [0.25, 0.3) is 0 Å². The first-order valence-corrected chi connectivity index (χ1v) is 6.46. The fraction of sp³-hybridized carbons (Fsp3) is 0.571. The number of rotatable bonds is 4. The second-order valence-corrected chi connectivity index (χ2v) is 4.83. The van der Waals surface area contributed by atoms with E-state index < -0.39 is 0 Å². The molecular weight excluding hydrogens is 228 g/mol. The lowest BCUT2D eigenvalue weighted by molar-refractivity contribution is 0.0215. The summed E-state index contributed by atoms with van der Waals surface area (Å²) in [6.45, 7) is 3.28. The standard InChI is InChI=1S/C14H20N2O2/c1-11(17)12-6-7-14(15-9-12)16(2)10-13-5-3-4-8-18-13/h6-7,9,13H,3-5,8,10H2,1-2H3. The Morgan fingerprint density at radius 3 is 2.89 bits per heavy atom. The van der Waals surface area contributed by atoms with E-state index >= 15 is 0 Å². The third-order valence-corrected chi connectivity index (χ3v) is 3.30. The van der Waals surface area contributed by atoms with Crippen LogP contribution in [0.1, 0.15) is 36.5 Å². The van der Waals surface area contributed by atoms with Gasteiger partial charge in [0, 0.05) is 32.0 Å². The van der Waals surface area contributed by atoms with Crippen LogP contribution in [-0.4, -0.2) is 37.1 Å². The summed E-state index contributed by atoms with van der Waals surface area (Å²) in [7, 11) is 2.01. The van der Waals surface area contributed by atoms with Gasteiger partial charge in [-0.3, -0.25) is 4.79 Å². The van der Waals surface area contributed by atoms with E-state index in [1.54, 1.807) is 13.1 Å². The van der Waals surface area contributed by atoms with Crippen molar-refractivity contribution >= 4 is 11.6 Å². The molecule has 0 aliphatic carbocycles. The van der Waals surface area contributed by atoms with Gasteiger partial charge in [0.2, 0.25) is 0 Å². The maximum absolute atomic E-state index is 11.2. The van der Waals surface area contributed by atoms with Crippen molar-refractivity contribution in [3.63, 3.8) is 0 Å². The van der Waals surface area contributed by atoms with Crippen molar-refractivity contribution < 1.29 is 9.53 Å². The van der Waals surface area contributed by atoms with Gasteiger partial charge < -0.3 is 9.64 Å². The number of aromatic nitrogens is 1. The molecule has 1 saturated heterocycles. The molecule has 4 heteroatoms. The van der Waals surface area contributed by atoms with Crippen molar-refractivity contribution in [2.45, 2.75) is 32.3 Å². The molecule has 4 nitrogen and oxygen atoms in total. The van der Waals surface area contributed by atoms with Gasteiger partial charge in [0.25, 0.3) is 0 Å². The molecule has 2 heterocycles. The Morgan fingerprint density at radius 2 is 2.33 bits per heavy atom. The Balaban J connectivity index is 1.95. The highest BCUT2D eigenvalue weighted by molar-refractivity contribution is 5.93. The van der Waals surface area contributed by atoms with Crippen LogP contribution in [0.3, 0.4) is 0 Å². The van der Waals surface area contributed by atoms with Crippen LogP contribution in [0.4, 0.5) is 5.82 Å². The maximum Gasteiger partial charge on any atom is 0.161 e. The minimum absolute atomic E-state index is 0.0484. The number of ether oxygens (including phenoxy) is 1. The van der Waals surface area contributed by atoms with Gasteiger partial charge in [-0.2, -0.15) is 0 Å². The highest BCUT2D eigenvalue weighted by Gasteiger charge is 2.16. The Bertz CT molecular complexity index is 397. The number of likely N-dealkylation sites (N-methyl/N-ethyl adjacent to an activating group) is 1. The lowest BCUT2D eigenvalue weighted by atomic mass is 10.1. The van der Waals surface area contributed by atoms with Gasteiger partial charge in [0.15, 0.2) is 5.78 Å². The quantitative estimate of drug-likeness (QED) is 0.767. The van der Waals surface area contributed by atoms with Gasteiger partial charge in [0.1, 0.15) is 5.82 Å². The summed E-state index contributed by atoms with van der Waals surface area (Å²) in [6, 6.07) is 3.71. The minimum atomic E-state index is 0.0484. The van der Waals surface area contributed by atoms with Crippen LogP contribution in [0.2, 0.25) is 0 Å². The number of ketones is 1. The van der Waals surface area contributed by atoms with Crippen molar-refractivity contribution in [2.75, 3.05) is 25.1 Å². The Hall–Kier alpha value is -1.42. The first kappa shape index (κ1) is 13.0. The maximum atomic E-state index is 11.2. The summed E-state index contributed by atoms with van der Waals surface area (Å²) in [5.74, 6) is 0.932. The molecule has 0 aromatic carbocycles. The highest BCUT2D eigenvalue weighted by atomic mass is 16.5. The number of carbonyl (C=O) groups is 1. The molecule has 1 aromatic heterocycles. The van der Waals surface area contributed by atoms with E-state index in [-0.39, 0.29) is 5.78 Å². The van der Waals surface area contributed by atoms with Gasteiger partial charge in [-0.25, -0.2) is 4.98 Å². The van der Waals surface area contributed by atoms with E-state index in [4.69, 9.17) is 4.74 Å². The number of hydrogen-bond acceptors (Lipinski definition) is 4. The normalized spacial score (nSPS) is 19.6. The zero-order valence-electron chi connectivity index (χ0n) is 11.1. The third-order valence-electron chi connectivity index (χ3n) is 3.30. The molecule has 2 rings (SSSR count). The lowest BCUT2D eigenvalue weighted by Gasteiger charge is -2.28. The smallest absolute Gasteiger partial charge is 0.161 e. The van der Waals surface area contributed by atoms with Gasteiger partial charge in [-0.05, 0) is 38.3 Å². The first-order chi connectivity index (χ1) is 8.66. The number of Topliss-reactive ketones (excluding diaryl/α,β-unsaturated/α-hetero) is 1. The Morgan fingerprint density at radius 1 is 1.50 bits per heavy atom. The summed E-state index contributed by atoms with van der Waals surface area (Å²) in [4.78, 5) is 17.6. The fourth-order valence-corrected chi connectivity index (χ4v) is 2.17. The SMILES string of the molecule is CC(=O)c1ccc(N(C)CC2CCCCO2)nc1. The zero-order chi connectivity index (χ0) is 13.0. The molecule has 0 N–H and O–H groups in total. The monoisotopic (exact) mass is 248 g/mol. The van der Waals surface area contributed by atoms with Crippen LogP contribution in [0.15, 0.2) is 18.3 Å². The fourth-order valence-electron chi connectivity index (χ4n) is 2.17. The Kier molecular flexibility index (Phi) is 4.31. The number of carbonyl (C=O) groups excluding carboxylic acids is 1. The Labute approximate surface area is 108 Å². The number of hydrogen-bond donors (Lipinski definition) is 0. The molecule has 98 valence electrons. The van der Waals surface area contributed by atoms with Crippen LogP contribution in [-0.2, 0) is 4.74 Å². The molecule has 0 bridgehead atoms. The molecule has 0 radical (unpaired) electrons. The van der Waals surface area contributed by atoms with Gasteiger partial charge in [-0.15, -0.1) is 0 Å². The average molecular weight is 248 g/mol. The summed E-state index contributed by atoms with van der Waals surface area (Å²) in [5.41, 5.74) is 0.654. The van der Waals surface area contributed by atoms with E-state index in [1.165, 1.54) is 12.8 Å². The predicted molar refractivity (Wildman–Crippen MR) is 71.1 cm³/mol. The van der Waals surface area contributed by atoms with E-state index in [9.17, 15) is 4.79 Å². The topological polar surface area (TPSA) is 42.4 Å². The van der Waals surface area contributed by atoms with Crippen LogP contribution in [0.5, 0.6) is 0 Å². The van der Waals surface area contributed by atoms with Gasteiger partial charge in [0.05, 0.1) is 6.10 Å². The molecule has 18 heavy (non-hydrogen) atoms.